The van der Waals surface area contributed by atoms with Gasteiger partial charge in [0, 0.05) is 24.4 Å². The number of benzene rings is 1. The van der Waals surface area contributed by atoms with E-state index >= 15 is 0 Å². The number of hydrogen-bond acceptors (Lipinski definition) is 6. The molecule has 0 bridgehead atoms. The lowest BCUT2D eigenvalue weighted by Gasteiger charge is -2.14. The van der Waals surface area contributed by atoms with Gasteiger partial charge in [0.1, 0.15) is 17.9 Å². The van der Waals surface area contributed by atoms with Crippen LogP contribution < -0.4 is 14.8 Å². The summed E-state index contributed by atoms with van der Waals surface area (Å²) >= 11 is 5.93. The summed E-state index contributed by atoms with van der Waals surface area (Å²) in [5, 5.41) is 3.07. The Kier molecular flexibility index (Phi) is 6.56. The van der Waals surface area contributed by atoms with Crippen LogP contribution in [0, 0.1) is 5.82 Å². The molecule has 1 N–H and O–H groups in total. The first-order chi connectivity index (χ1) is 14.3. The topological polar surface area (TPSA) is 69.2 Å². The second-order valence-electron chi connectivity index (χ2n) is 5.92. The summed E-state index contributed by atoms with van der Waals surface area (Å²) in [5.41, 5.74) is -0.761. The molecule has 11 heteroatoms. The average molecular weight is 443 g/mol. The summed E-state index contributed by atoms with van der Waals surface area (Å²) in [6.07, 6.45) is -2.20. The molecule has 0 saturated heterocycles. The van der Waals surface area contributed by atoms with E-state index in [1.165, 1.54) is 31.6 Å². The molecule has 0 saturated carbocycles. The third-order valence-electron chi connectivity index (χ3n) is 3.98. The Morgan fingerprint density at radius 3 is 2.67 bits per heavy atom. The Morgan fingerprint density at radius 1 is 1.13 bits per heavy atom. The van der Waals surface area contributed by atoms with Crippen molar-refractivity contribution in [2.75, 3.05) is 19.0 Å². The van der Waals surface area contributed by atoms with E-state index in [0.717, 1.165) is 18.3 Å². The molecule has 0 radical (unpaired) electrons. The van der Waals surface area contributed by atoms with E-state index in [0.29, 0.717) is 5.82 Å². The molecule has 0 atom stereocenters. The Morgan fingerprint density at radius 2 is 1.93 bits per heavy atom. The predicted molar refractivity (Wildman–Crippen MR) is 102 cm³/mol. The highest BCUT2D eigenvalue weighted by Crippen LogP contribution is 2.33. The molecule has 2 aromatic heterocycles. The zero-order chi connectivity index (χ0) is 21.7. The van der Waals surface area contributed by atoms with Crippen LogP contribution in [0.25, 0.3) is 0 Å². The summed E-state index contributed by atoms with van der Waals surface area (Å²) in [5.74, 6) is -0.271. The van der Waals surface area contributed by atoms with Gasteiger partial charge in [0.05, 0.1) is 12.7 Å². The number of rotatable bonds is 7. The molecule has 0 spiro atoms. The molecule has 0 unspecified atom stereocenters. The Labute approximate surface area is 173 Å². The summed E-state index contributed by atoms with van der Waals surface area (Å²) in [7, 11) is 1.40. The van der Waals surface area contributed by atoms with Gasteiger partial charge in [-0.05, 0) is 24.6 Å². The Balaban J connectivity index is 1.77. The van der Waals surface area contributed by atoms with E-state index in [4.69, 9.17) is 21.1 Å². The number of hydrogen-bond donors (Lipinski definition) is 1. The minimum atomic E-state index is -4.55. The molecule has 3 aromatic rings. The number of halogens is 5. The maximum Gasteiger partial charge on any atom is 0.416 e. The number of nitrogens with one attached hydrogen (secondary N) is 1. The third kappa shape index (κ3) is 5.07. The summed E-state index contributed by atoms with van der Waals surface area (Å²) in [6, 6.07) is 5.64. The highest BCUT2D eigenvalue weighted by atomic mass is 35.5. The Bertz CT molecular complexity index is 1030. The van der Waals surface area contributed by atoms with Gasteiger partial charge in [-0.1, -0.05) is 17.7 Å². The fourth-order valence-electron chi connectivity index (χ4n) is 2.60. The molecule has 2 heterocycles. The normalized spacial score (nSPS) is 11.3. The van der Waals surface area contributed by atoms with E-state index in [9.17, 15) is 17.6 Å². The van der Waals surface area contributed by atoms with Crippen molar-refractivity contribution in [2.24, 2.45) is 0 Å². The van der Waals surface area contributed by atoms with Crippen LogP contribution in [0.4, 0.5) is 23.4 Å². The maximum atomic E-state index is 14.4. The Hall–Kier alpha value is -3.14. The quantitative estimate of drug-likeness (QED) is 0.403. The largest absolute Gasteiger partial charge is 0.490 e. The van der Waals surface area contributed by atoms with Gasteiger partial charge in [-0.3, -0.25) is 0 Å². The van der Waals surface area contributed by atoms with Gasteiger partial charge in [-0.2, -0.15) is 13.2 Å². The second kappa shape index (κ2) is 9.12. The van der Waals surface area contributed by atoms with Gasteiger partial charge in [0.25, 0.3) is 0 Å². The molecule has 30 heavy (non-hydrogen) atoms. The standard InChI is InChI=1S/C19H15ClF4N4O2/c1-29-16-17(20)27-10-28-18(16)26-8-6-12-13(21)3-2-4-14(12)30-15-9-11(5-7-25-15)19(22,23)24/h2-5,7,9-10H,6,8H2,1H3,(H,26,27,28). The highest BCUT2D eigenvalue weighted by molar-refractivity contribution is 6.31. The molecular weight excluding hydrogens is 428 g/mol. The van der Waals surface area contributed by atoms with Crippen LogP contribution in [0.1, 0.15) is 11.1 Å². The van der Waals surface area contributed by atoms with E-state index in [1.54, 1.807) is 0 Å². The fourth-order valence-corrected chi connectivity index (χ4v) is 2.81. The van der Waals surface area contributed by atoms with Crippen molar-refractivity contribution in [3.05, 3.63) is 65.0 Å². The average Bonchev–Trinajstić information content (AvgIpc) is 2.70. The van der Waals surface area contributed by atoms with Crippen LogP contribution in [-0.4, -0.2) is 28.6 Å². The summed E-state index contributed by atoms with van der Waals surface area (Å²) < 4.78 is 63.6. The lowest BCUT2D eigenvalue weighted by atomic mass is 10.1. The molecule has 3 rings (SSSR count). The minimum Gasteiger partial charge on any atom is -0.490 e. The van der Waals surface area contributed by atoms with Gasteiger partial charge >= 0.3 is 6.18 Å². The molecular formula is C19H15ClF4N4O2. The van der Waals surface area contributed by atoms with E-state index in [-0.39, 0.29) is 41.1 Å². The lowest BCUT2D eigenvalue weighted by molar-refractivity contribution is -0.137. The number of pyridine rings is 1. The van der Waals surface area contributed by atoms with E-state index in [2.05, 4.69) is 20.3 Å². The van der Waals surface area contributed by atoms with Crippen molar-refractivity contribution in [3.8, 4) is 17.4 Å². The van der Waals surface area contributed by atoms with Crippen molar-refractivity contribution in [1.29, 1.82) is 0 Å². The first-order valence-electron chi connectivity index (χ1n) is 8.56. The molecule has 0 aliphatic carbocycles. The van der Waals surface area contributed by atoms with E-state index in [1.807, 2.05) is 0 Å². The summed E-state index contributed by atoms with van der Waals surface area (Å²) in [4.78, 5) is 11.6. The molecule has 0 amide bonds. The lowest BCUT2D eigenvalue weighted by Crippen LogP contribution is -2.10. The van der Waals surface area contributed by atoms with Crippen LogP contribution in [0.2, 0.25) is 5.15 Å². The van der Waals surface area contributed by atoms with Crippen molar-refractivity contribution < 1.29 is 27.0 Å². The highest BCUT2D eigenvalue weighted by Gasteiger charge is 2.31. The number of aromatic nitrogens is 3. The molecule has 158 valence electrons. The van der Waals surface area contributed by atoms with Crippen molar-refractivity contribution in [1.82, 2.24) is 15.0 Å². The van der Waals surface area contributed by atoms with Gasteiger partial charge in [-0.25, -0.2) is 19.3 Å². The zero-order valence-electron chi connectivity index (χ0n) is 15.5. The number of ether oxygens (including phenoxy) is 2. The smallest absolute Gasteiger partial charge is 0.416 e. The van der Waals surface area contributed by atoms with Crippen molar-refractivity contribution in [2.45, 2.75) is 12.6 Å². The van der Waals surface area contributed by atoms with Crippen molar-refractivity contribution >= 4 is 17.4 Å². The van der Waals surface area contributed by atoms with Crippen LogP contribution in [0.3, 0.4) is 0 Å². The van der Waals surface area contributed by atoms with Crippen LogP contribution in [0.5, 0.6) is 17.4 Å². The maximum absolute atomic E-state index is 14.4. The predicted octanol–water partition coefficient (Wildman–Crippen LogP) is 5.14. The zero-order valence-corrected chi connectivity index (χ0v) is 16.3. The van der Waals surface area contributed by atoms with Gasteiger partial charge < -0.3 is 14.8 Å². The van der Waals surface area contributed by atoms with Crippen LogP contribution in [-0.2, 0) is 12.6 Å². The fraction of sp³-hybridized carbons (Fsp3) is 0.211. The molecule has 1 aromatic carbocycles. The number of nitrogens with zero attached hydrogens (tertiary/aromatic N) is 3. The third-order valence-corrected chi connectivity index (χ3v) is 4.25. The second-order valence-corrected chi connectivity index (χ2v) is 6.28. The molecule has 0 fully saturated rings. The van der Waals surface area contributed by atoms with Gasteiger partial charge in [-0.15, -0.1) is 0 Å². The number of alkyl halides is 3. The van der Waals surface area contributed by atoms with Crippen molar-refractivity contribution in [3.63, 3.8) is 0 Å². The SMILES string of the molecule is COc1c(Cl)ncnc1NCCc1c(F)cccc1Oc1cc(C(F)(F)F)ccn1. The van der Waals surface area contributed by atoms with Gasteiger partial charge in [0.15, 0.2) is 16.7 Å². The molecule has 0 aliphatic rings. The van der Waals surface area contributed by atoms with E-state index < -0.39 is 17.6 Å². The first kappa shape index (κ1) is 21.6. The summed E-state index contributed by atoms with van der Waals surface area (Å²) in [6.45, 7) is 0.205. The number of anilines is 1. The minimum absolute atomic E-state index is 0.0521. The molecule has 6 nitrogen and oxygen atoms in total. The number of methoxy groups -OCH3 is 1. The monoisotopic (exact) mass is 442 g/mol. The van der Waals surface area contributed by atoms with Crippen LogP contribution >= 0.6 is 11.6 Å². The van der Waals surface area contributed by atoms with Gasteiger partial charge in [0.2, 0.25) is 5.88 Å². The molecule has 0 aliphatic heterocycles. The first-order valence-corrected chi connectivity index (χ1v) is 8.94. The van der Waals surface area contributed by atoms with Crippen LogP contribution in [0.15, 0.2) is 42.9 Å².